The molecule has 0 aromatic heterocycles. The Hall–Kier alpha value is 0.260. The molecule has 0 bridgehead atoms. The molecule has 0 saturated carbocycles. The molecule has 0 radical (unpaired) electrons. The Morgan fingerprint density at radius 3 is 2.40 bits per heavy atom. The normalized spacial score (nSPS) is 34.6. The highest BCUT2D eigenvalue weighted by molar-refractivity contribution is 8.09. The summed E-state index contributed by atoms with van der Waals surface area (Å²) in [6, 6.07) is 0. The van der Waals surface area contributed by atoms with Gasteiger partial charge in [-0.05, 0) is 6.42 Å². The maximum atomic E-state index is 10.6. The van der Waals surface area contributed by atoms with Crippen molar-refractivity contribution in [3.63, 3.8) is 0 Å². The lowest BCUT2D eigenvalue weighted by molar-refractivity contribution is 0.478. The van der Waals surface area contributed by atoms with Gasteiger partial charge in [-0.3, -0.25) is 4.55 Å². The highest BCUT2D eigenvalue weighted by atomic mass is 32.3. The smallest absolute Gasteiger partial charge is 0.282 e. The van der Waals surface area contributed by atoms with Crippen LogP contribution in [0.1, 0.15) is 12.8 Å². The van der Waals surface area contributed by atoms with E-state index in [0.29, 0.717) is 6.42 Å². The minimum atomic E-state index is -3.74. The molecule has 1 saturated heterocycles. The van der Waals surface area contributed by atoms with Crippen LogP contribution in [-0.4, -0.2) is 29.6 Å². The molecule has 1 fully saturated rings. The van der Waals surface area contributed by atoms with Crippen LogP contribution in [0.2, 0.25) is 0 Å². The zero-order valence-corrected chi connectivity index (χ0v) is 7.41. The molecule has 10 heavy (non-hydrogen) atoms. The van der Waals surface area contributed by atoms with Crippen LogP contribution in [-0.2, 0) is 21.0 Å². The quantitative estimate of drug-likeness (QED) is 0.468. The second kappa shape index (κ2) is 2.71. The first-order valence-corrected chi connectivity index (χ1v) is 6.46. The maximum absolute atomic E-state index is 10.6. The van der Waals surface area contributed by atoms with Gasteiger partial charge in [-0.25, -0.2) is 0 Å². The van der Waals surface area contributed by atoms with Gasteiger partial charge in [0, 0.05) is 17.3 Å². The topological polar surface area (TPSA) is 54.4 Å². The largest absolute Gasteiger partial charge is 0.314 e. The van der Waals surface area contributed by atoms with Gasteiger partial charge < -0.3 is 0 Å². The zero-order valence-electron chi connectivity index (χ0n) is 5.78. The Morgan fingerprint density at radius 2 is 2.20 bits per heavy atom. The van der Waals surface area contributed by atoms with Crippen LogP contribution in [0.25, 0.3) is 0 Å². The fourth-order valence-electron chi connectivity index (χ4n) is 1.17. The van der Waals surface area contributed by atoms with E-state index in [1.807, 2.05) is 6.26 Å². The van der Waals surface area contributed by atoms with Gasteiger partial charge in [0.1, 0.15) is 5.75 Å². The molecular formula is C5H11O3S2+. The van der Waals surface area contributed by atoms with Gasteiger partial charge in [-0.1, -0.05) is 0 Å². The standard InChI is InChI=1S/C5H10O3S2/c1-9-4-2-3-5(9)10(6,7)8/h5H,2-4H2,1H3/p+1. The van der Waals surface area contributed by atoms with Crippen molar-refractivity contribution in [3.8, 4) is 0 Å². The van der Waals surface area contributed by atoms with Crippen LogP contribution in [0.5, 0.6) is 0 Å². The summed E-state index contributed by atoms with van der Waals surface area (Å²) in [5.41, 5.74) is 0. The molecule has 0 aliphatic carbocycles. The molecule has 0 aromatic carbocycles. The summed E-state index contributed by atoms with van der Waals surface area (Å²) in [6.45, 7) is 0. The summed E-state index contributed by atoms with van der Waals surface area (Å²) in [5, 5.41) is 0. The first kappa shape index (κ1) is 8.36. The predicted molar refractivity (Wildman–Crippen MR) is 42.7 cm³/mol. The second-order valence-electron chi connectivity index (χ2n) is 2.48. The van der Waals surface area contributed by atoms with Gasteiger partial charge in [0.2, 0.25) is 4.58 Å². The molecule has 60 valence electrons. The van der Waals surface area contributed by atoms with Gasteiger partial charge in [0.25, 0.3) is 0 Å². The summed E-state index contributed by atoms with van der Waals surface area (Å²) >= 11 is 0. The van der Waals surface area contributed by atoms with E-state index in [1.54, 1.807) is 0 Å². The molecule has 5 heteroatoms. The Morgan fingerprint density at radius 1 is 1.60 bits per heavy atom. The van der Waals surface area contributed by atoms with Gasteiger partial charge in [0.15, 0.2) is 0 Å². The summed E-state index contributed by atoms with van der Waals surface area (Å²) in [5.74, 6) is 0.949. The third-order valence-electron chi connectivity index (χ3n) is 1.69. The zero-order chi connectivity index (χ0) is 7.78. The van der Waals surface area contributed by atoms with Gasteiger partial charge in [-0.15, -0.1) is 0 Å². The van der Waals surface area contributed by atoms with E-state index in [0.717, 1.165) is 12.2 Å². The maximum Gasteiger partial charge on any atom is 0.314 e. The van der Waals surface area contributed by atoms with E-state index in [1.165, 1.54) is 0 Å². The molecule has 1 rings (SSSR count). The number of rotatable bonds is 1. The Balaban J connectivity index is 2.74. The minimum absolute atomic E-state index is 0.118. The van der Waals surface area contributed by atoms with Crippen LogP contribution in [0.15, 0.2) is 0 Å². The van der Waals surface area contributed by atoms with Crippen molar-refractivity contribution in [2.24, 2.45) is 0 Å². The minimum Gasteiger partial charge on any atom is -0.282 e. The van der Waals surface area contributed by atoms with Crippen molar-refractivity contribution in [2.75, 3.05) is 12.0 Å². The molecule has 0 amide bonds. The monoisotopic (exact) mass is 183 g/mol. The Labute approximate surface area is 63.9 Å². The first-order valence-electron chi connectivity index (χ1n) is 3.09. The lowest BCUT2D eigenvalue weighted by atomic mass is 10.4. The summed E-state index contributed by atoms with van der Waals surface area (Å²) < 4.78 is 29.4. The van der Waals surface area contributed by atoms with Crippen LogP contribution in [0.4, 0.5) is 0 Å². The molecule has 1 N–H and O–H groups in total. The molecule has 2 unspecified atom stereocenters. The Kier molecular flexibility index (Phi) is 2.27. The van der Waals surface area contributed by atoms with Crippen LogP contribution in [0, 0.1) is 0 Å². The first-order chi connectivity index (χ1) is 4.52. The molecule has 3 nitrogen and oxygen atoms in total. The molecule has 1 aliphatic rings. The molecular weight excluding hydrogens is 172 g/mol. The third-order valence-corrected chi connectivity index (χ3v) is 6.37. The van der Waals surface area contributed by atoms with Crippen molar-refractivity contribution in [2.45, 2.75) is 17.4 Å². The fraction of sp³-hybridized carbons (Fsp3) is 1.00. The van der Waals surface area contributed by atoms with E-state index in [2.05, 4.69) is 0 Å². The van der Waals surface area contributed by atoms with Gasteiger partial charge >= 0.3 is 10.1 Å². The average molecular weight is 183 g/mol. The van der Waals surface area contributed by atoms with E-state index in [4.69, 9.17) is 4.55 Å². The lowest BCUT2D eigenvalue weighted by Gasteiger charge is -2.01. The van der Waals surface area contributed by atoms with Crippen molar-refractivity contribution in [1.29, 1.82) is 0 Å². The third kappa shape index (κ3) is 1.65. The number of hydrogen-bond donors (Lipinski definition) is 1. The van der Waals surface area contributed by atoms with Crippen molar-refractivity contribution in [1.82, 2.24) is 0 Å². The van der Waals surface area contributed by atoms with E-state index >= 15 is 0 Å². The molecule has 0 aromatic rings. The van der Waals surface area contributed by atoms with Gasteiger partial charge in [0.05, 0.1) is 6.26 Å². The van der Waals surface area contributed by atoms with Crippen molar-refractivity contribution >= 4 is 21.0 Å². The SMILES string of the molecule is C[S+]1CCCC1S(=O)(=O)O. The van der Waals surface area contributed by atoms with E-state index in [-0.39, 0.29) is 10.9 Å². The second-order valence-corrected chi connectivity index (χ2v) is 6.74. The molecule has 1 heterocycles. The van der Waals surface area contributed by atoms with Gasteiger partial charge in [-0.2, -0.15) is 8.42 Å². The van der Waals surface area contributed by atoms with Crippen molar-refractivity contribution in [3.05, 3.63) is 0 Å². The number of hydrogen-bond acceptors (Lipinski definition) is 2. The van der Waals surface area contributed by atoms with Crippen LogP contribution < -0.4 is 0 Å². The average Bonchev–Trinajstić information content (AvgIpc) is 2.11. The summed E-state index contributed by atoms with van der Waals surface area (Å²) in [6.07, 6.45) is 3.47. The lowest BCUT2D eigenvalue weighted by Crippen LogP contribution is -2.24. The fourth-order valence-corrected chi connectivity index (χ4v) is 5.03. The van der Waals surface area contributed by atoms with E-state index in [9.17, 15) is 8.42 Å². The van der Waals surface area contributed by atoms with Crippen LogP contribution in [0.3, 0.4) is 0 Å². The van der Waals surface area contributed by atoms with E-state index < -0.39 is 14.7 Å². The molecule has 0 spiro atoms. The van der Waals surface area contributed by atoms with Crippen LogP contribution >= 0.6 is 0 Å². The molecule has 1 aliphatic heterocycles. The predicted octanol–water partition coefficient (Wildman–Crippen LogP) is 0.242. The summed E-state index contributed by atoms with van der Waals surface area (Å²) in [7, 11) is -3.86. The summed E-state index contributed by atoms with van der Waals surface area (Å²) in [4.78, 5) is 0. The highest BCUT2D eigenvalue weighted by Gasteiger charge is 2.41. The highest BCUT2D eigenvalue weighted by Crippen LogP contribution is 2.23. The molecule has 2 atom stereocenters. The van der Waals surface area contributed by atoms with Crippen molar-refractivity contribution < 1.29 is 13.0 Å². The Bertz CT molecular complexity index is 209.